The summed E-state index contributed by atoms with van der Waals surface area (Å²) in [6, 6.07) is 0. The summed E-state index contributed by atoms with van der Waals surface area (Å²) in [5.41, 5.74) is 1.65. The van der Waals surface area contributed by atoms with Gasteiger partial charge >= 0.3 is 0 Å². The highest BCUT2D eigenvalue weighted by Crippen LogP contribution is 2.34. The third kappa shape index (κ3) is 2.84. The van der Waals surface area contributed by atoms with Crippen LogP contribution in [0.5, 0.6) is 0 Å². The van der Waals surface area contributed by atoms with E-state index < -0.39 is 5.60 Å². The molecular weight excluding hydrogens is 266 g/mol. The van der Waals surface area contributed by atoms with Crippen LogP contribution in [0.4, 0.5) is 0 Å². The van der Waals surface area contributed by atoms with E-state index in [9.17, 15) is 9.90 Å². The van der Waals surface area contributed by atoms with Crippen LogP contribution in [0, 0.1) is 0 Å². The summed E-state index contributed by atoms with van der Waals surface area (Å²) in [6.45, 7) is 3.45. The van der Waals surface area contributed by atoms with Gasteiger partial charge in [-0.25, -0.2) is 0 Å². The van der Waals surface area contributed by atoms with Gasteiger partial charge in [-0.1, -0.05) is 13.3 Å². The largest absolute Gasteiger partial charge is 0.390 e. The Morgan fingerprint density at radius 1 is 1.52 bits per heavy atom. The van der Waals surface area contributed by atoms with E-state index in [1.807, 2.05) is 11.1 Å². The number of hydrogen-bond donors (Lipinski definition) is 2. The van der Waals surface area contributed by atoms with Crippen LogP contribution < -0.4 is 0 Å². The number of aromatic nitrogens is 2. The molecule has 1 amide bonds. The zero-order valence-electron chi connectivity index (χ0n) is 12.8. The number of nitrogens with one attached hydrogen (secondary N) is 1. The van der Waals surface area contributed by atoms with Crippen molar-refractivity contribution in [2.75, 3.05) is 13.1 Å². The molecular formula is C16H25N3O2. The molecule has 2 heterocycles. The van der Waals surface area contributed by atoms with Gasteiger partial charge in [-0.05, 0) is 38.5 Å². The molecule has 116 valence electrons. The number of nitrogens with zero attached hydrogens (tertiary/aromatic N) is 2. The highest BCUT2D eigenvalue weighted by Gasteiger charge is 2.36. The predicted molar refractivity (Wildman–Crippen MR) is 79.9 cm³/mol. The van der Waals surface area contributed by atoms with Crippen molar-refractivity contribution in [3.63, 3.8) is 0 Å². The standard InChI is InChI=1S/C16H25N3O2/c1-2-6-16(21)7-9-19(10-8-16)15(20)12-4-3-5-14-13(12)11-17-18-14/h11-12,21H,2-10H2,1H3,(H,17,18). The molecule has 1 saturated heterocycles. The first kappa shape index (κ1) is 14.6. The van der Waals surface area contributed by atoms with Crippen molar-refractivity contribution in [3.8, 4) is 0 Å². The van der Waals surface area contributed by atoms with Gasteiger partial charge in [0.2, 0.25) is 5.91 Å². The normalized spacial score (nSPS) is 24.7. The molecule has 0 bridgehead atoms. The molecule has 0 aromatic carbocycles. The molecule has 21 heavy (non-hydrogen) atoms. The minimum absolute atomic E-state index is 0.0372. The van der Waals surface area contributed by atoms with Crippen molar-refractivity contribution in [1.82, 2.24) is 15.1 Å². The Labute approximate surface area is 125 Å². The summed E-state index contributed by atoms with van der Waals surface area (Å²) < 4.78 is 0. The lowest BCUT2D eigenvalue weighted by Crippen LogP contribution is -2.48. The number of hydrogen-bond acceptors (Lipinski definition) is 3. The van der Waals surface area contributed by atoms with Gasteiger partial charge in [0.1, 0.15) is 0 Å². The quantitative estimate of drug-likeness (QED) is 0.894. The van der Waals surface area contributed by atoms with Crippen LogP contribution in [-0.2, 0) is 11.2 Å². The van der Waals surface area contributed by atoms with Gasteiger partial charge in [-0.3, -0.25) is 9.89 Å². The monoisotopic (exact) mass is 291 g/mol. The van der Waals surface area contributed by atoms with Crippen LogP contribution in [0.1, 0.15) is 62.6 Å². The number of aliphatic hydroxyl groups is 1. The van der Waals surface area contributed by atoms with Gasteiger partial charge in [0.05, 0.1) is 17.7 Å². The summed E-state index contributed by atoms with van der Waals surface area (Å²) in [7, 11) is 0. The number of likely N-dealkylation sites (tertiary alicyclic amines) is 1. The minimum atomic E-state index is -0.557. The molecule has 2 N–H and O–H groups in total. The molecule has 1 aromatic rings. The summed E-state index contributed by atoms with van der Waals surface area (Å²) in [4.78, 5) is 14.7. The van der Waals surface area contributed by atoms with E-state index in [1.165, 1.54) is 0 Å². The Kier molecular flexibility index (Phi) is 4.02. The fraction of sp³-hybridized carbons (Fsp3) is 0.750. The third-order valence-electron chi connectivity index (χ3n) is 5.07. The molecule has 2 aliphatic rings. The average Bonchev–Trinajstić information content (AvgIpc) is 2.95. The van der Waals surface area contributed by atoms with E-state index in [2.05, 4.69) is 17.1 Å². The van der Waals surface area contributed by atoms with E-state index >= 15 is 0 Å². The van der Waals surface area contributed by atoms with E-state index in [0.717, 1.165) is 43.4 Å². The SMILES string of the molecule is CCCC1(O)CCN(C(=O)C2CCCc3[nH]ncc32)CC1. The first-order valence-corrected chi connectivity index (χ1v) is 8.16. The van der Waals surface area contributed by atoms with E-state index in [-0.39, 0.29) is 11.8 Å². The van der Waals surface area contributed by atoms with E-state index in [4.69, 9.17) is 0 Å². The van der Waals surface area contributed by atoms with Crippen molar-refractivity contribution in [2.24, 2.45) is 0 Å². The van der Waals surface area contributed by atoms with Gasteiger partial charge < -0.3 is 10.0 Å². The van der Waals surface area contributed by atoms with Crippen molar-refractivity contribution in [3.05, 3.63) is 17.5 Å². The predicted octanol–water partition coefficient (Wildman–Crippen LogP) is 1.98. The molecule has 0 saturated carbocycles. The molecule has 1 aromatic heterocycles. The molecule has 5 nitrogen and oxygen atoms in total. The second-order valence-corrected chi connectivity index (χ2v) is 6.55. The lowest BCUT2D eigenvalue weighted by molar-refractivity contribution is -0.137. The van der Waals surface area contributed by atoms with Crippen molar-refractivity contribution in [2.45, 2.75) is 63.4 Å². The Morgan fingerprint density at radius 3 is 3.00 bits per heavy atom. The van der Waals surface area contributed by atoms with Gasteiger partial charge in [0, 0.05) is 24.3 Å². The lowest BCUT2D eigenvalue weighted by atomic mass is 9.83. The third-order valence-corrected chi connectivity index (χ3v) is 5.07. The summed E-state index contributed by atoms with van der Waals surface area (Å²) in [5.74, 6) is 0.181. The molecule has 5 heteroatoms. The summed E-state index contributed by atoms with van der Waals surface area (Å²) >= 11 is 0. The Balaban J connectivity index is 1.66. The zero-order chi connectivity index (χ0) is 14.9. The molecule has 1 unspecified atom stereocenters. The number of fused-ring (bicyclic) bond motifs is 1. The summed E-state index contributed by atoms with van der Waals surface area (Å²) in [5, 5.41) is 17.6. The van der Waals surface area contributed by atoms with Gasteiger partial charge in [-0.2, -0.15) is 5.10 Å². The van der Waals surface area contributed by atoms with Gasteiger partial charge in [0.25, 0.3) is 0 Å². The number of aromatic amines is 1. The van der Waals surface area contributed by atoms with Crippen molar-refractivity contribution in [1.29, 1.82) is 0 Å². The number of aryl methyl sites for hydroxylation is 1. The second kappa shape index (κ2) is 5.79. The van der Waals surface area contributed by atoms with Gasteiger partial charge in [0.15, 0.2) is 0 Å². The Morgan fingerprint density at radius 2 is 2.29 bits per heavy atom. The fourth-order valence-corrected chi connectivity index (χ4v) is 3.80. The Bertz CT molecular complexity index is 503. The topological polar surface area (TPSA) is 69.2 Å². The number of carbonyl (C=O) groups is 1. The molecule has 1 atom stereocenters. The number of piperidine rings is 1. The molecule has 1 aliphatic heterocycles. The fourth-order valence-electron chi connectivity index (χ4n) is 3.80. The zero-order valence-corrected chi connectivity index (χ0v) is 12.8. The molecule has 3 rings (SSSR count). The van der Waals surface area contributed by atoms with Crippen LogP contribution >= 0.6 is 0 Å². The number of rotatable bonds is 3. The average molecular weight is 291 g/mol. The van der Waals surface area contributed by atoms with Crippen LogP contribution in [0.3, 0.4) is 0 Å². The maximum atomic E-state index is 12.8. The highest BCUT2D eigenvalue weighted by atomic mass is 16.3. The maximum absolute atomic E-state index is 12.8. The van der Waals surface area contributed by atoms with Crippen LogP contribution in [0.15, 0.2) is 6.20 Å². The highest BCUT2D eigenvalue weighted by molar-refractivity contribution is 5.84. The number of H-pyrrole nitrogens is 1. The second-order valence-electron chi connectivity index (χ2n) is 6.55. The first-order chi connectivity index (χ1) is 10.1. The molecule has 1 aliphatic carbocycles. The van der Waals surface area contributed by atoms with Crippen LogP contribution in [-0.4, -0.2) is 44.8 Å². The van der Waals surface area contributed by atoms with E-state index in [1.54, 1.807) is 0 Å². The minimum Gasteiger partial charge on any atom is -0.390 e. The molecule has 0 spiro atoms. The van der Waals surface area contributed by atoms with Crippen molar-refractivity contribution >= 4 is 5.91 Å². The first-order valence-electron chi connectivity index (χ1n) is 8.16. The molecule has 1 fully saturated rings. The maximum Gasteiger partial charge on any atom is 0.230 e. The smallest absolute Gasteiger partial charge is 0.230 e. The number of amides is 1. The summed E-state index contributed by atoms with van der Waals surface area (Å²) in [6.07, 6.45) is 8.01. The van der Waals surface area contributed by atoms with E-state index in [0.29, 0.717) is 25.9 Å². The van der Waals surface area contributed by atoms with Gasteiger partial charge in [-0.15, -0.1) is 0 Å². The van der Waals surface area contributed by atoms with Crippen molar-refractivity contribution < 1.29 is 9.90 Å². The lowest BCUT2D eigenvalue weighted by Gasteiger charge is -2.39. The number of carbonyl (C=O) groups excluding carboxylic acids is 1. The Hall–Kier alpha value is -1.36. The van der Waals surface area contributed by atoms with Crippen LogP contribution in [0.25, 0.3) is 0 Å². The molecule has 0 radical (unpaired) electrons. The van der Waals surface area contributed by atoms with Crippen LogP contribution in [0.2, 0.25) is 0 Å².